The van der Waals surface area contributed by atoms with Crippen molar-refractivity contribution in [2.24, 2.45) is 5.92 Å². The lowest BCUT2D eigenvalue weighted by molar-refractivity contribution is -0.119. The molecule has 1 amide bonds. The smallest absolute Gasteiger partial charge is 0.240 e. The third-order valence-corrected chi connectivity index (χ3v) is 4.87. The third kappa shape index (κ3) is 5.66. The van der Waals surface area contributed by atoms with Crippen molar-refractivity contribution >= 4 is 44.8 Å². The second-order valence-electron chi connectivity index (χ2n) is 5.38. The van der Waals surface area contributed by atoms with Crippen molar-refractivity contribution in [3.8, 4) is 0 Å². The molecular weight excluding hydrogens is 347 g/mol. The molecule has 8 heteroatoms. The van der Waals surface area contributed by atoms with Gasteiger partial charge in [-0.15, -0.1) is 0 Å². The Morgan fingerprint density at radius 1 is 1.32 bits per heavy atom. The molecule has 124 valence electrons. The van der Waals surface area contributed by atoms with Gasteiger partial charge in [0.25, 0.3) is 0 Å². The minimum Gasteiger partial charge on any atom is -0.355 e. The van der Waals surface area contributed by atoms with Crippen LogP contribution < -0.4 is 9.62 Å². The van der Waals surface area contributed by atoms with Gasteiger partial charge >= 0.3 is 0 Å². The minimum atomic E-state index is -3.66. The number of halogens is 2. The molecule has 0 bridgehead atoms. The van der Waals surface area contributed by atoms with Crippen molar-refractivity contribution in [2.75, 3.05) is 23.7 Å². The van der Waals surface area contributed by atoms with Gasteiger partial charge in [0.05, 0.1) is 22.0 Å². The average Bonchev–Trinajstić information content (AvgIpc) is 2.38. The second-order valence-corrected chi connectivity index (χ2v) is 8.07. The van der Waals surface area contributed by atoms with Gasteiger partial charge in [-0.1, -0.05) is 43.1 Å². The summed E-state index contributed by atoms with van der Waals surface area (Å²) in [4.78, 5) is 12.0. The fourth-order valence-corrected chi connectivity index (χ4v) is 3.06. The first-order valence-corrected chi connectivity index (χ1v) is 9.41. The number of amides is 1. The predicted molar refractivity (Wildman–Crippen MR) is 91.1 cm³/mol. The van der Waals surface area contributed by atoms with Crippen LogP contribution in [0.3, 0.4) is 0 Å². The van der Waals surface area contributed by atoms with E-state index in [-0.39, 0.29) is 28.2 Å². The topological polar surface area (TPSA) is 66.5 Å². The van der Waals surface area contributed by atoms with Crippen molar-refractivity contribution in [1.29, 1.82) is 0 Å². The number of nitrogens with zero attached hydrogens (tertiary/aromatic N) is 1. The fraction of sp³-hybridized carbons (Fsp3) is 0.500. The standard InChI is InChI=1S/C14H20Cl2N2O3S/c1-10(2)7-8-17-13(19)9-18(22(3,20)21)12-6-4-5-11(15)14(12)16/h4-6,10H,7-9H2,1-3H3,(H,17,19). The summed E-state index contributed by atoms with van der Waals surface area (Å²) >= 11 is 12.0. The van der Waals surface area contributed by atoms with E-state index in [1.807, 2.05) is 13.8 Å². The highest BCUT2D eigenvalue weighted by molar-refractivity contribution is 7.92. The molecule has 0 radical (unpaired) electrons. The lowest BCUT2D eigenvalue weighted by atomic mass is 10.1. The number of hydrogen-bond acceptors (Lipinski definition) is 3. The molecule has 0 heterocycles. The van der Waals surface area contributed by atoms with Gasteiger partial charge in [0.1, 0.15) is 6.54 Å². The van der Waals surface area contributed by atoms with Crippen LogP contribution >= 0.6 is 23.2 Å². The summed E-state index contributed by atoms with van der Waals surface area (Å²) in [6, 6.07) is 4.64. The number of nitrogens with one attached hydrogen (secondary N) is 1. The maximum atomic E-state index is 12.0. The van der Waals surface area contributed by atoms with Gasteiger partial charge in [-0.2, -0.15) is 0 Å². The van der Waals surface area contributed by atoms with E-state index in [1.165, 1.54) is 6.07 Å². The van der Waals surface area contributed by atoms with E-state index < -0.39 is 10.0 Å². The van der Waals surface area contributed by atoms with Crippen LogP contribution in [0.2, 0.25) is 10.0 Å². The number of hydrogen-bond donors (Lipinski definition) is 1. The Morgan fingerprint density at radius 2 is 1.95 bits per heavy atom. The average molecular weight is 367 g/mol. The minimum absolute atomic E-state index is 0.101. The molecule has 1 aromatic rings. The van der Waals surface area contributed by atoms with Crippen LogP contribution in [0, 0.1) is 5.92 Å². The summed E-state index contributed by atoms with van der Waals surface area (Å²) in [5, 5.41) is 3.03. The Labute approximate surface area is 141 Å². The quantitative estimate of drug-likeness (QED) is 0.806. The zero-order valence-electron chi connectivity index (χ0n) is 12.8. The molecule has 1 rings (SSSR count). The number of benzene rings is 1. The summed E-state index contributed by atoms with van der Waals surface area (Å²) in [6.07, 6.45) is 1.84. The number of carbonyl (C=O) groups is 1. The molecule has 1 N–H and O–H groups in total. The SMILES string of the molecule is CC(C)CCNC(=O)CN(c1cccc(Cl)c1Cl)S(C)(=O)=O. The first kappa shape index (κ1) is 19.1. The lowest BCUT2D eigenvalue weighted by Crippen LogP contribution is -2.41. The Bertz CT molecular complexity index is 633. The van der Waals surface area contributed by atoms with E-state index in [1.54, 1.807) is 12.1 Å². The van der Waals surface area contributed by atoms with Crippen LogP contribution in [-0.4, -0.2) is 33.7 Å². The highest BCUT2D eigenvalue weighted by atomic mass is 35.5. The first-order chi connectivity index (χ1) is 10.1. The van der Waals surface area contributed by atoms with Gasteiger partial charge in [-0.05, 0) is 24.5 Å². The lowest BCUT2D eigenvalue weighted by Gasteiger charge is -2.23. The molecule has 0 aliphatic carbocycles. The molecule has 0 unspecified atom stereocenters. The van der Waals surface area contributed by atoms with E-state index in [0.717, 1.165) is 17.0 Å². The van der Waals surface area contributed by atoms with Crippen LogP contribution in [0.25, 0.3) is 0 Å². The fourth-order valence-electron chi connectivity index (χ4n) is 1.75. The Hall–Kier alpha value is -0.980. The summed E-state index contributed by atoms with van der Waals surface area (Å²) < 4.78 is 24.9. The molecule has 0 spiro atoms. The van der Waals surface area contributed by atoms with E-state index >= 15 is 0 Å². The molecule has 0 fully saturated rings. The molecule has 0 saturated carbocycles. The summed E-state index contributed by atoms with van der Waals surface area (Å²) in [7, 11) is -3.66. The second kappa shape index (κ2) is 8.04. The van der Waals surface area contributed by atoms with Gasteiger partial charge in [0.15, 0.2) is 0 Å². The number of carbonyl (C=O) groups excluding carboxylic acids is 1. The Balaban J connectivity index is 2.92. The number of anilines is 1. The highest BCUT2D eigenvalue weighted by Gasteiger charge is 2.23. The van der Waals surface area contributed by atoms with Crippen LogP contribution in [0.5, 0.6) is 0 Å². The highest BCUT2D eigenvalue weighted by Crippen LogP contribution is 2.33. The van der Waals surface area contributed by atoms with E-state index in [4.69, 9.17) is 23.2 Å². The van der Waals surface area contributed by atoms with Crippen LogP contribution in [0.15, 0.2) is 18.2 Å². The van der Waals surface area contributed by atoms with Crippen molar-refractivity contribution in [2.45, 2.75) is 20.3 Å². The van der Waals surface area contributed by atoms with Crippen molar-refractivity contribution in [1.82, 2.24) is 5.32 Å². The van der Waals surface area contributed by atoms with Gasteiger partial charge in [0, 0.05) is 6.54 Å². The van der Waals surface area contributed by atoms with Gasteiger partial charge in [0.2, 0.25) is 15.9 Å². The molecular formula is C14H20Cl2N2O3S. The molecule has 0 atom stereocenters. The summed E-state index contributed by atoms with van der Waals surface area (Å²) in [6.45, 7) is 4.25. The van der Waals surface area contributed by atoms with E-state index in [2.05, 4.69) is 5.32 Å². The molecule has 0 saturated heterocycles. The predicted octanol–water partition coefficient (Wildman–Crippen LogP) is 2.92. The molecule has 0 aromatic heterocycles. The number of rotatable bonds is 7. The zero-order valence-corrected chi connectivity index (χ0v) is 15.1. The van der Waals surface area contributed by atoms with E-state index in [0.29, 0.717) is 12.5 Å². The first-order valence-electron chi connectivity index (χ1n) is 6.81. The zero-order chi connectivity index (χ0) is 16.9. The molecule has 22 heavy (non-hydrogen) atoms. The molecule has 0 aliphatic heterocycles. The monoisotopic (exact) mass is 366 g/mol. The van der Waals surface area contributed by atoms with Crippen LogP contribution in [0.4, 0.5) is 5.69 Å². The third-order valence-electron chi connectivity index (χ3n) is 2.93. The van der Waals surface area contributed by atoms with E-state index in [9.17, 15) is 13.2 Å². The van der Waals surface area contributed by atoms with Gasteiger partial charge in [-0.3, -0.25) is 9.10 Å². The number of sulfonamides is 1. The van der Waals surface area contributed by atoms with Crippen molar-refractivity contribution in [3.05, 3.63) is 28.2 Å². The summed E-state index contributed by atoms with van der Waals surface area (Å²) in [5.74, 6) is 0.0656. The normalized spacial score (nSPS) is 11.5. The Kier molecular flexibility index (Phi) is 6.97. The van der Waals surface area contributed by atoms with Crippen LogP contribution in [-0.2, 0) is 14.8 Å². The maximum absolute atomic E-state index is 12.0. The molecule has 1 aromatic carbocycles. The largest absolute Gasteiger partial charge is 0.355 e. The molecule has 0 aliphatic rings. The molecule has 5 nitrogen and oxygen atoms in total. The summed E-state index contributed by atoms with van der Waals surface area (Å²) in [5.41, 5.74) is 0.190. The van der Waals surface area contributed by atoms with Gasteiger partial charge in [-0.25, -0.2) is 8.42 Å². The van der Waals surface area contributed by atoms with Crippen LogP contribution in [0.1, 0.15) is 20.3 Å². The Morgan fingerprint density at radius 3 is 2.50 bits per heavy atom. The maximum Gasteiger partial charge on any atom is 0.240 e. The van der Waals surface area contributed by atoms with Crippen molar-refractivity contribution in [3.63, 3.8) is 0 Å². The van der Waals surface area contributed by atoms with Gasteiger partial charge < -0.3 is 5.32 Å². The van der Waals surface area contributed by atoms with Crippen molar-refractivity contribution < 1.29 is 13.2 Å².